The summed E-state index contributed by atoms with van der Waals surface area (Å²) in [7, 11) is 0. The van der Waals surface area contributed by atoms with Crippen molar-refractivity contribution in [2.24, 2.45) is 0 Å². The number of carboxylic acids is 1. The minimum Gasteiger partial charge on any atom is -0.475 e. The van der Waals surface area contributed by atoms with Crippen LogP contribution in [0, 0.1) is 0 Å². The number of thiazole rings is 1. The van der Waals surface area contributed by atoms with E-state index in [0.29, 0.717) is 12.1 Å². The molecule has 0 aromatic carbocycles. The number of ketones is 2. The lowest BCUT2D eigenvalue weighted by Crippen LogP contribution is -2.17. The Hall–Kier alpha value is -2.41. The molecule has 0 unspecified atom stereocenters. The van der Waals surface area contributed by atoms with E-state index in [4.69, 9.17) is 5.11 Å². The number of pyridine rings is 1. The van der Waals surface area contributed by atoms with Gasteiger partial charge in [-0.05, 0) is 12.1 Å². The SMILES string of the molecule is O=C(O)C(=O)CC(=O)c1nc(Cc2ccccn2)cs1. The van der Waals surface area contributed by atoms with Gasteiger partial charge in [0.05, 0.1) is 12.1 Å². The van der Waals surface area contributed by atoms with E-state index in [9.17, 15) is 14.4 Å². The second kappa shape index (κ2) is 6.16. The lowest BCUT2D eigenvalue weighted by Gasteiger charge is -1.96. The molecule has 0 aliphatic heterocycles. The molecule has 0 radical (unpaired) electrons. The van der Waals surface area contributed by atoms with Crippen LogP contribution in [0.1, 0.15) is 27.6 Å². The summed E-state index contributed by atoms with van der Waals surface area (Å²) >= 11 is 1.10. The Balaban J connectivity index is 2.04. The second-order valence-electron chi connectivity index (χ2n) is 3.97. The smallest absolute Gasteiger partial charge is 0.372 e. The Morgan fingerprint density at radius 2 is 2.00 bits per heavy atom. The molecular formula is C13H10N2O4S. The number of nitrogens with zero attached hydrogens (tertiary/aromatic N) is 2. The van der Waals surface area contributed by atoms with Crippen LogP contribution in [0.4, 0.5) is 0 Å². The van der Waals surface area contributed by atoms with E-state index in [1.165, 1.54) is 0 Å². The summed E-state index contributed by atoms with van der Waals surface area (Å²) in [6, 6.07) is 5.50. The van der Waals surface area contributed by atoms with Crippen molar-refractivity contribution in [3.8, 4) is 0 Å². The Morgan fingerprint density at radius 1 is 1.20 bits per heavy atom. The summed E-state index contributed by atoms with van der Waals surface area (Å²) in [6.45, 7) is 0. The number of aliphatic carboxylic acids is 1. The minimum atomic E-state index is -1.61. The van der Waals surface area contributed by atoms with Crippen LogP contribution < -0.4 is 0 Å². The Labute approximate surface area is 118 Å². The maximum atomic E-state index is 11.7. The molecule has 0 aliphatic rings. The maximum Gasteiger partial charge on any atom is 0.372 e. The number of carbonyl (C=O) groups is 3. The molecule has 0 bridgehead atoms. The molecule has 2 aromatic rings. The number of hydrogen-bond acceptors (Lipinski definition) is 6. The molecule has 0 aliphatic carbocycles. The third-order valence-corrected chi connectivity index (χ3v) is 3.37. The highest BCUT2D eigenvalue weighted by atomic mass is 32.1. The van der Waals surface area contributed by atoms with Crippen LogP contribution in [0.5, 0.6) is 0 Å². The van der Waals surface area contributed by atoms with Gasteiger partial charge in [-0.1, -0.05) is 6.07 Å². The van der Waals surface area contributed by atoms with Crippen LogP contribution in [0.25, 0.3) is 0 Å². The van der Waals surface area contributed by atoms with Gasteiger partial charge in [0.1, 0.15) is 0 Å². The van der Waals surface area contributed by atoms with Crippen LogP contribution in [0.3, 0.4) is 0 Å². The predicted molar refractivity (Wildman–Crippen MR) is 70.7 cm³/mol. The average molecular weight is 290 g/mol. The van der Waals surface area contributed by atoms with Gasteiger partial charge in [0.25, 0.3) is 0 Å². The Bertz CT molecular complexity index is 651. The first-order valence-corrected chi connectivity index (χ1v) is 6.58. The van der Waals surface area contributed by atoms with Gasteiger partial charge < -0.3 is 5.11 Å². The van der Waals surface area contributed by atoms with Gasteiger partial charge in [0, 0.05) is 23.7 Å². The monoisotopic (exact) mass is 290 g/mol. The Kier molecular flexibility index (Phi) is 4.31. The van der Waals surface area contributed by atoms with Crippen LogP contribution in [-0.2, 0) is 16.0 Å². The predicted octanol–water partition coefficient (Wildman–Crippen LogP) is 1.36. The Morgan fingerprint density at radius 3 is 2.65 bits per heavy atom. The fourth-order valence-electron chi connectivity index (χ4n) is 1.50. The molecule has 1 N–H and O–H groups in total. The zero-order valence-corrected chi connectivity index (χ0v) is 11.1. The highest BCUT2D eigenvalue weighted by Crippen LogP contribution is 2.14. The molecule has 0 saturated heterocycles. The highest BCUT2D eigenvalue weighted by Gasteiger charge is 2.20. The summed E-state index contributed by atoms with van der Waals surface area (Å²) < 4.78 is 0. The van der Waals surface area contributed by atoms with Gasteiger partial charge in [-0.2, -0.15) is 0 Å². The first-order chi connectivity index (χ1) is 9.56. The van der Waals surface area contributed by atoms with Crippen LogP contribution in [0.2, 0.25) is 0 Å². The largest absolute Gasteiger partial charge is 0.475 e. The first kappa shape index (κ1) is 14.0. The van der Waals surface area contributed by atoms with Gasteiger partial charge in [-0.15, -0.1) is 11.3 Å². The van der Waals surface area contributed by atoms with Crippen LogP contribution >= 0.6 is 11.3 Å². The lowest BCUT2D eigenvalue weighted by atomic mass is 10.2. The summed E-state index contributed by atoms with van der Waals surface area (Å²) in [4.78, 5) is 41.3. The fourth-order valence-corrected chi connectivity index (χ4v) is 2.26. The molecule has 7 heteroatoms. The van der Waals surface area contributed by atoms with Crippen molar-refractivity contribution in [2.45, 2.75) is 12.8 Å². The number of Topliss-reactive ketones (excluding diaryl/α,β-unsaturated/α-hetero) is 2. The zero-order chi connectivity index (χ0) is 14.5. The summed E-state index contributed by atoms with van der Waals surface area (Å²) in [6.07, 6.45) is 1.49. The molecular weight excluding hydrogens is 280 g/mol. The zero-order valence-electron chi connectivity index (χ0n) is 10.3. The molecule has 0 atom stereocenters. The number of carbonyl (C=O) groups excluding carboxylic acids is 2. The second-order valence-corrected chi connectivity index (χ2v) is 4.83. The van der Waals surface area contributed by atoms with Gasteiger partial charge in [0.2, 0.25) is 5.78 Å². The molecule has 20 heavy (non-hydrogen) atoms. The first-order valence-electron chi connectivity index (χ1n) is 5.70. The van der Waals surface area contributed by atoms with E-state index in [2.05, 4.69) is 9.97 Å². The summed E-state index contributed by atoms with van der Waals surface area (Å²) in [5.74, 6) is -3.31. The van der Waals surface area contributed by atoms with Gasteiger partial charge in [-0.25, -0.2) is 9.78 Å². The maximum absolute atomic E-state index is 11.7. The quantitative estimate of drug-likeness (QED) is 0.490. The summed E-state index contributed by atoms with van der Waals surface area (Å²) in [5, 5.41) is 10.3. The van der Waals surface area contributed by atoms with Crippen molar-refractivity contribution in [3.63, 3.8) is 0 Å². The van der Waals surface area contributed by atoms with Crippen molar-refractivity contribution < 1.29 is 19.5 Å². The van der Waals surface area contributed by atoms with Gasteiger partial charge >= 0.3 is 5.97 Å². The molecule has 0 fully saturated rings. The standard InChI is InChI=1S/C13H10N2O4S/c16-10(6-11(17)13(18)19)12-15-9(7-20-12)5-8-3-1-2-4-14-8/h1-4,7H,5-6H2,(H,18,19). The summed E-state index contributed by atoms with van der Waals surface area (Å²) in [5.41, 5.74) is 1.48. The number of rotatable bonds is 6. The molecule has 0 spiro atoms. The van der Waals surface area contributed by atoms with Crippen molar-refractivity contribution in [1.82, 2.24) is 9.97 Å². The molecule has 2 rings (SSSR count). The molecule has 6 nitrogen and oxygen atoms in total. The van der Waals surface area contributed by atoms with E-state index >= 15 is 0 Å². The molecule has 2 aromatic heterocycles. The average Bonchev–Trinajstić information content (AvgIpc) is 2.88. The van der Waals surface area contributed by atoms with E-state index in [1.807, 2.05) is 12.1 Å². The van der Waals surface area contributed by atoms with Crippen LogP contribution in [-0.4, -0.2) is 32.6 Å². The molecule has 0 saturated carbocycles. The van der Waals surface area contributed by atoms with Gasteiger partial charge in [-0.3, -0.25) is 14.6 Å². The minimum absolute atomic E-state index is 0.144. The van der Waals surface area contributed by atoms with Crippen LogP contribution in [0.15, 0.2) is 29.8 Å². The van der Waals surface area contributed by atoms with Crippen molar-refractivity contribution in [3.05, 3.63) is 46.2 Å². The number of carboxylic acid groups (broad SMARTS) is 1. The third kappa shape index (κ3) is 3.55. The van der Waals surface area contributed by atoms with E-state index in [0.717, 1.165) is 17.0 Å². The topological polar surface area (TPSA) is 97.2 Å². The van der Waals surface area contributed by atoms with Crippen molar-refractivity contribution >= 4 is 28.9 Å². The van der Waals surface area contributed by atoms with Crippen molar-refractivity contribution in [2.75, 3.05) is 0 Å². The number of hydrogen-bond donors (Lipinski definition) is 1. The van der Waals surface area contributed by atoms with Crippen molar-refractivity contribution in [1.29, 1.82) is 0 Å². The normalized spacial score (nSPS) is 10.2. The van der Waals surface area contributed by atoms with E-state index in [1.54, 1.807) is 17.6 Å². The van der Waals surface area contributed by atoms with Gasteiger partial charge in [0.15, 0.2) is 10.8 Å². The fraction of sp³-hybridized carbons (Fsp3) is 0.154. The molecule has 102 valence electrons. The van der Waals surface area contributed by atoms with E-state index < -0.39 is 24.0 Å². The highest BCUT2D eigenvalue weighted by molar-refractivity contribution is 7.11. The molecule has 0 amide bonds. The molecule has 2 heterocycles. The third-order valence-electron chi connectivity index (χ3n) is 2.44. The number of aromatic nitrogens is 2. The lowest BCUT2D eigenvalue weighted by molar-refractivity contribution is -0.148. The van der Waals surface area contributed by atoms with E-state index in [-0.39, 0.29) is 5.01 Å².